The van der Waals surface area contributed by atoms with E-state index in [2.05, 4.69) is 25.8 Å². The molecule has 274 valence electrons. The topological polar surface area (TPSA) is 234 Å². The summed E-state index contributed by atoms with van der Waals surface area (Å²) in [6.45, 7) is 3.20. The number of fused-ring (bicyclic) bond motifs is 1. The van der Waals surface area contributed by atoms with Crippen LogP contribution in [0.15, 0.2) is 18.3 Å². The van der Waals surface area contributed by atoms with E-state index in [1.807, 2.05) is 0 Å². The Hall–Kier alpha value is -4.38. The van der Waals surface area contributed by atoms with Crippen molar-refractivity contribution in [2.75, 3.05) is 18.1 Å². The van der Waals surface area contributed by atoms with Crippen molar-refractivity contribution in [3.8, 4) is 0 Å². The largest absolute Gasteiger partial charge is 0.384 e. The van der Waals surface area contributed by atoms with Crippen LogP contribution in [0.25, 0.3) is 11.0 Å². The van der Waals surface area contributed by atoms with E-state index in [0.29, 0.717) is 40.2 Å². The minimum absolute atomic E-state index is 0.0134. The van der Waals surface area contributed by atoms with E-state index in [1.54, 1.807) is 44.8 Å². The number of primary amides is 2. The molecule has 51 heavy (non-hydrogen) atoms. The van der Waals surface area contributed by atoms with Gasteiger partial charge in [-0.05, 0) is 62.7 Å². The molecule has 3 fully saturated rings. The van der Waals surface area contributed by atoms with E-state index in [4.69, 9.17) is 11.5 Å². The van der Waals surface area contributed by atoms with Crippen LogP contribution < -0.4 is 16.8 Å². The Morgan fingerprint density at radius 3 is 2.43 bits per heavy atom. The highest BCUT2D eigenvalue weighted by Gasteiger charge is 2.49. The first-order valence-corrected chi connectivity index (χ1v) is 18.7. The summed E-state index contributed by atoms with van der Waals surface area (Å²) in [5, 5.41) is 31.1. The Kier molecular flexibility index (Phi) is 10.2. The third kappa shape index (κ3) is 7.22. The molecule has 6 rings (SSSR count). The van der Waals surface area contributed by atoms with Crippen molar-refractivity contribution in [1.29, 1.82) is 0 Å². The number of hydrogen-bond acceptors (Lipinski definition) is 11. The number of thioether (sulfide) groups is 1. The lowest BCUT2D eigenvalue weighted by molar-refractivity contribution is -0.145. The predicted molar refractivity (Wildman–Crippen MR) is 187 cm³/mol. The first-order chi connectivity index (χ1) is 24.2. The molecule has 1 saturated carbocycles. The van der Waals surface area contributed by atoms with Crippen LogP contribution in [-0.4, -0.2) is 99.0 Å². The molecule has 2 aromatic heterocycles. The van der Waals surface area contributed by atoms with Crippen LogP contribution in [0, 0.1) is 5.92 Å². The highest BCUT2D eigenvalue weighted by molar-refractivity contribution is 7.99. The molecule has 0 spiro atoms. The predicted octanol–water partition coefficient (Wildman–Crippen LogP) is 1.22. The second-order valence-corrected chi connectivity index (χ2v) is 15.9. The fraction of sp³-hybridized carbons (Fsp3) is 0.618. The van der Waals surface area contributed by atoms with Crippen molar-refractivity contribution in [1.82, 2.24) is 40.2 Å². The molecule has 2 aliphatic heterocycles. The summed E-state index contributed by atoms with van der Waals surface area (Å²) in [4.78, 5) is 71.0. The van der Waals surface area contributed by atoms with Gasteiger partial charge in [-0.25, -0.2) is 4.68 Å². The van der Waals surface area contributed by atoms with Crippen LogP contribution in [-0.2, 0) is 31.8 Å². The van der Waals surface area contributed by atoms with E-state index < -0.39 is 58.6 Å². The van der Waals surface area contributed by atoms with Crippen molar-refractivity contribution >= 4 is 52.2 Å². The van der Waals surface area contributed by atoms with Gasteiger partial charge in [0, 0.05) is 31.1 Å². The third-order valence-electron chi connectivity index (χ3n) is 10.7. The molecular formula is C34H46N10O6S. The van der Waals surface area contributed by atoms with E-state index in [9.17, 15) is 24.3 Å². The Bertz CT molecular complexity index is 1840. The number of aromatic nitrogens is 6. The van der Waals surface area contributed by atoms with Crippen molar-refractivity contribution in [2.24, 2.45) is 24.4 Å². The summed E-state index contributed by atoms with van der Waals surface area (Å²) in [6.07, 6.45) is 7.27. The maximum atomic E-state index is 15.3. The zero-order valence-corrected chi connectivity index (χ0v) is 30.0. The molecule has 0 radical (unpaired) electrons. The number of Topliss-reactive ketones (excluding diaryl/α,β-unsaturated/α-hetero) is 1. The molecule has 3 aliphatic rings. The van der Waals surface area contributed by atoms with Gasteiger partial charge in [-0.2, -0.15) is 26.8 Å². The van der Waals surface area contributed by atoms with Gasteiger partial charge in [-0.3, -0.25) is 24.0 Å². The smallest absolute Gasteiger partial charge is 0.287 e. The van der Waals surface area contributed by atoms with Gasteiger partial charge in [0.2, 0.25) is 23.5 Å². The Balaban J connectivity index is 1.45. The number of ketones is 1. The molecule has 1 aliphatic carbocycles. The van der Waals surface area contributed by atoms with Crippen LogP contribution in [0.4, 0.5) is 0 Å². The number of aliphatic hydroxyl groups is 1. The van der Waals surface area contributed by atoms with E-state index in [0.717, 1.165) is 32.1 Å². The number of likely N-dealkylation sites (tertiary alicyclic amines) is 1. The van der Waals surface area contributed by atoms with Crippen LogP contribution in [0.3, 0.4) is 0 Å². The van der Waals surface area contributed by atoms with E-state index in [1.165, 1.54) is 20.6 Å². The summed E-state index contributed by atoms with van der Waals surface area (Å²) in [5.74, 6) is -3.44. The summed E-state index contributed by atoms with van der Waals surface area (Å²) < 4.78 is 1.53. The molecule has 0 unspecified atom stereocenters. The summed E-state index contributed by atoms with van der Waals surface area (Å²) >= 11 is 1.60. The van der Waals surface area contributed by atoms with Gasteiger partial charge in [0.1, 0.15) is 28.2 Å². The lowest BCUT2D eigenvalue weighted by Gasteiger charge is -2.37. The number of amides is 4. The van der Waals surface area contributed by atoms with Crippen molar-refractivity contribution in [3.63, 3.8) is 0 Å². The van der Waals surface area contributed by atoms with Gasteiger partial charge in [0.15, 0.2) is 0 Å². The third-order valence-corrected chi connectivity index (χ3v) is 11.7. The summed E-state index contributed by atoms with van der Waals surface area (Å²) in [5.41, 5.74) is 10.4. The normalized spacial score (nSPS) is 21.8. The number of rotatable bonds is 11. The highest BCUT2D eigenvalue weighted by atomic mass is 32.2. The number of nitrogens with one attached hydrogen (secondary N) is 1. The first kappa shape index (κ1) is 36.4. The van der Waals surface area contributed by atoms with Crippen LogP contribution in [0.2, 0.25) is 0 Å². The van der Waals surface area contributed by atoms with Crippen molar-refractivity contribution in [2.45, 2.75) is 101 Å². The SMILES string of the molecule is Cn1nc2ccc(C(N)=O)c([C@@H](CC3CCCCC3)C(=O)N3C[C@@H](n4nncc4C(C)(C)O)C[C@H]3C(=O)NC3(C(=O)C(N)=O)CCSCC3)c2n1. The average Bonchev–Trinajstić information content (AvgIpc) is 3.85. The molecule has 3 aromatic rings. The zero-order chi connectivity index (χ0) is 36.7. The molecule has 2 saturated heterocycles. The minimum Gasteiger partial charge on any atom is -0.384 e. The average molecular weight is 723 g/mol. The second-order valence-electron chi connectivity index (χ2n) is 14.6. The van der Waals surface area contributed by atoms with E-state index >= 15 is 4.79 Å². The molecule has 16 nitrogen and oxygen atoms in total. The maximum absolute atomic E-state index is 15.3. The first-order valence-electron chi connectivity index (χ1n) is 17.5. The number of benzene rings is 1. The summed E-state index contributed by atoms with van der Waals surface area (Å²) in [6, 6.07) is 1.52. The van der Waals surface area contributed by atoms with Crippen LogP contribution >= 0.6 is 11.8 Å². The van der Waals surface area contributed by atoms with Gasteiger partial charge >= 0.3 is 0 Å². The fourth-order valence-corrected chi connectivity index (χ4v) is 9.28. The molecule has 6 N–H and O–H groups in total. The number of hydrogen-bond donors (Lipinski definition) is 4. The maximum Gasteiger partial charge on any atom is 0.287 e. The van der Waals surface area contributed by atoms with Gasteiger partial charge < -0.3 is 26.8 Å². The molecule has 3 atom stereocenters. The Labute approximate surface area is 299 Å². The van der Waals surface area contributed by atoms with Crippen molar-refractivity contribution < 1.29 is 29.1 Å². The van der Waals surface area contributed by atoms with Gasteiger partial charge in [0.05, 0.1) is 23.9 Å². The Morgan fingerprint density at radius 1 is 1.08 bits per heavy atom. The summed E-state index contributed by atoms with van der Waals surface area (Å²) in [7, 11) is 1.66. The highest BCUT2D eigenvalue weighted by Crippen LogP contribution is 2.41. The van der Waals surface area contributed by atoms with Gasteiger partial charge in [-0.15, -0.1) is 5.10 Å². The monoisotopic (exact) mass is 722 g/mol. The quantitative estimate of drug-likeness (QED) is 0.205. The van der Waals surface area contributed by atoms with Gasteiger partial charge in [0.25, 0.3) is 5.91 Å². The Morgan fingerprint density at radius 2 is 1.78 bits per heavy atom. The molecule has 1 aromatic carbocycles. The molecule has 0 bridgehead atoms. The molecule has 4 amide bonds. The number of aryl methyl sites for hydroxylation is 1. The molecule has 4 heterocycles. The number of carbonyl (C=O) groups is 5. The number of nitrogens with two attached hydrogens (primary N) is 2. The van der Waals surface area contributed by atoms with E-state index in [-0.39, 0.29) is 37.3 Å². The zero-order valence-electron chi connectivity index (χ0n) is 29.2. The van der Waals surface area contributed by atoms with Gasteiger partial charge in [-0.1, -0.05) is 37.3 Å². The van der Waals surface area contributed by atoms with Crippen LogP contribution in [0.1, 0.15) is 105 Å². The van der Waals surface area contributed by atoms with Crippen molar-refractivity contribution in [3.05, 3.63) is 35.2 Å². The molecule has 17 heteroatoms. The standard InChI is InChI=1S/C34H46N10O6S/c1-33(2,50)25-17-37-41-44(25)20-16-24(31(48)38-34(28(45)30(36)47)11-13-51-14-12-34)43(18-20)32(49)22(15-19-7-5-4-6-8-19)26-21(29(35)46)9-10-23-27(26)40-42(3)39-23/h9-10,17,19-20,22,24,50H,4-8,11-16,18H2,1-3H3,(H2,35,46)(H2,36,47)(H,38,48)/t20-,22+,24-/m0/s1. The lowest BCUT2D eigenvalue weighted by atomic mass is 9.78. The minimum atomic E-state index is -1.50. The number of carbonyl (C=O) groups excluding carboxylic acids is 5. The van der Waals surface area contributed by atoms with Crippen LogP contribution in [0.5, 0.6) is 0 Å². The second kappa shape index (κ2) is 14.3. The number of nitrogens with zero attached hydrogens (tertiary/aromatic N) is 7. The molecular weight excluding hydrogens is 677 g/mol. The fourth-order valence-electron chi connectivity index (χ4n) is 8.09. The lowest BCUT2D eigenvalue weighted by Crippen LogP contribution is -2.62.